The molecule has 0 saturated carbocycles. The quantitative estimate of drug-likeness (QED) is 0.418. The zero-order valence-corrected chi connectivity index (χ0v) is 16.0. The maximum Gasteiger partial charge on any atom is 0.156 e. The summed E-state index contributed by atoms with van der Waals surface area (Å²) in [6.45, 7) is 0.241. The Morgan fingerprint density at radius 2 is 1.96 bits per heavy atom. The Balaban J connectivity index is 1.68. The number of rotatable bonds is 5. The number of para-hydroxylation sites is 2. The van der Waals surface area contributed by atoms with Crippen LogP contribution in [0.3, 0.4) is 0 Å². The minimum Gasteiger partial charge on any atom is -0.316 e. The number of carbonyl (C=O) groups is 1. The minimum absolute atomic E-state index is 0.0638. The van der Waals surface area contributed by atoms with Crippen LogP contribution in [0.1, 0.15) is 5.56 Å². The Labute approximate surface area is 164 Å². The van der Waals surface area contributed by atoms with Crippen LogP contribution in [0, 0.1) is 0 Å². The van der Waals surface area contributed by atoms with Crippen LogP contribution in [0.25, 0.3) is 22.4 Å². The number of thiophene rings is 1. The van der Waals surface area contributed by atoms with Crippen molar-refractivity contribution in [2.45, 2.75) is 13.0 Å². The van der Waals surface area contributed by atoms with Crippen LogP contribution >= 0.6 is 34.5 Å². The Hall–Kier alpha value is -2.14. The van der Waals surface area contributed by atoms with Crippen LogP contribution in [-0.4, -0.2) is 15.3 Å². The van der Waals surface area contributed by atoms with Crippen LogP contribution in [0.5, 0.6) is 0 Å². The van der Waals surface area contributed by atoms with Crippen LogP contribution in [0.15, 0.2) is 59.3 Å². The van der Waals surface area contributed by atoms with Crippen molar-refractivity contribution in [1.29, 1.82) is 0 Å². The largest absolute Gasteiger partial charge is 0.316 e. The molecule has 0 spiro atoms. The molecule has 4 aromatic rings. The highest BCUT2D eigenvalue weighted by Gasteiger charge is 2.16. The lowest BCUT2D eigenvalue weighted by molar-refractivity contribution is -0.118. The summed E-state index contributed by atoms with van der Waals surface area (Å²) in [7, 11) is 0. The van der Waals surface area contributed by atoms with Gasteiger partial charge in [0.05, 0.1) is 17.6 Å². The third-order valence-corrected chi connectivity index (χ3v) is 5.44. The molecule has 0 N–H and O–H groups in total. The van der Waals surface area contributed by atoms with Crippen LogP contribution in [-0.2, 0) is 17.8 Å². The van der Waals surface area contributed by atoms with E-state index in [1.807, 2.05) is 45.7 Å². The van der Waals surface area contributed by atoms with Crippen molar-refractivity contribution in [3.63, 3.8) is 0 Å². The van der Waals surface area contributed by atoms with E-state index in [4.69, 9.17) is 28.2 Å². The fraction of sp³-hybridized carbons (Fsp3) is 0.100. The number of carbonyl (C=O) groups excluding carboxylic acids is 1. The summed E-state index contributed by atoms with van der Waals surface area (Å²) in [6.07, 6.45) is 0.256. The first kappa shape index (κ1) is 17.3. The summed E-state index contributed by atoms with van der Waals surface area (Å²) in [4.78, 5) is 17.5. The lowest BCUT2D eigenvalue weighted by Gasteiger charge is -2.09. The number of fused-ring (bicyclic) bond motifs is 1. The first-order valence-corrected chi connectivity index (χ1v) is 9.75. The minimum atomic E-state index is 0.0638. The molecule has 0 atom stereocenters. The van der Waals surface area contributed by atoms with E-state index < -0.39 is 0 Å². The number of nitrogens with zero attached hydrogens (tertiary/aromatic N) is 2. The number of halogens is 2. The van der Waals surface area contributed by atoms with Gasteiger partial charge in [-0.15, -0.1) is 0 Å². The van der Waals surface area contributed by atoms with E-state index >= 15 is 0 Å². The fourth-order valence-electron chi connectivity index (χ4n) is 2.96. The second kappa shape index (κ2) is 7.23. The monoisotopic (exact) mass is 400 g/mol. The van der Waals surface area contributed by atoms with Crippen LogP contribution in [0.2, 0.25) is 10.0 Å². The van der Waals surface area contributed by atoms with Gasteiger partial charge in [-0.05, 0) is 41.3 Å². The molecule has 0 aliphatic carbocycles. The van der Waals surface area contributed by atoms with Gasteiger partial charge in [0.15, 0.2) is 5.78 Å². The normalized spacial score (nSPS) is 11.2. The molecule has 0 bridgehead atoms. The molecule has 0 aliphatic rings. The van der Waals surface area contributed by atoms with Crippen molar-refractivity contribution in [2.75, 3.05) is 0 Å². The Kier molecular flexibility index (Phi) is 4.81. The van der Waals surface area contributed by atoms with E-state index in [0.717, 1.165) is 28.0 Å². The summed E-state index contributed by atoms with van der Waals surface area (Å²) in [5, 5.41) is 5.12. The van der Waals surface area contributed by atoms with Crippen LogP contribution in [0.4, 0.5) is 0 Å². The molecule has 2 aromatic heterocycles. The van der Waals surface area contributed by atoms with Gasteiger partial charge in [-0.3, -0.25) is 4.79 Å². The molecule has 130 valence electrons. The second-order valence-corrected chi connectivity index (χ2v) is 7.60. The molecular weight excluding hydrogens is 387 g/mol. The zero-order valence-electron chi connectivity index (χ0n) is 13.7. The van der Waals surface area contributed by atoms with E-state index in [1.54, 1.807) is 29.5 Å². The molecule has 0 fully saturated rings. The number of Topliss-reactive ketones (excluding diaryl/α,β-unsaturated/α-hetero) is 1. The molecule has 4 rings (SSSR count). The van der Waals surface area contributed by atoms with Gasteiger partial charge < -0.3 is 4.57 Å². The first-order valence-electron chi connectivity index (χ1n) is 8.05. The molecule has 2 heterocycles. The third kappa shape index (κ3) is 3.40. The molecule has 0 radical (unpaired) electrons. The summed E-state index contributed by atoms with van der Waals surface area (Å²) in [6, 6.07) is 15.1. The first-order chi connectivity index (χ1) is 12.6. The van der Waals surface area contributed by atoms with Gasteiger partial charge in [0.25, 0.3) is 0 Å². The summed E-state index contributed by atoms with van der Waals surface area (Å²) >= 11 is 13.7. The summed E-state index contributed by atoms with van der Waals surface area (Å²) < 4.78 is 1.98. The number of aromatic nitrogens is 2. The van der Waals surface area contributed by atoms with Gasteiger partial charge in [-0.1, -0.05) is 41.4 Å². The summed E-state index contributed by atoms with van der Waals surface area (Å²) in [5.41, 5.74) is 3.63. The van der Waals surface area contributed by atoms with Gasteiger partial charge in [0, 0.05) is 27.4 Å². The summed E-state index contributed by atoms with van der Waals surface area (Å²) in [5.74, 6) is 0.872. The van der Waals surface area contributed by atoms with Crippen molar-refractivity contribution in [1.82, 2.24) is 9.55 Å². The topological polar surface area (TPSA) is 34.9 Å². The maximum atomic E-state index is 12.7. The predicted molar refractivity (Wildman–Crippen MR) is 108 cm³/mol. The van der Waals surface area contributed by atoms with Gasteiger partial charge in [0.1, 0.15) is 5.82 Å². The third-order valence-electron chi connectivity index (χ3n) is 4.17. The van der Waals surface area contributed by atoms with E-state index in [9.17, 15) is 4.79 Å². The van der Waals surface area contributed by atoms with E-state index in [1.165, 1.54) is 0 Å². The maximum absolute atomic E-state index is 12.7. The number of benzene rings is 2. The van der Waals surface area contributed by atoms with E-state index in [0.29, 0.717) is 10.0 Å². The molecule has 0 amide bonds. The molecule has 3 nitrogen and oxygen atoms in total. The predicted octanol–water partition coefficient (Wildman–Crippen LogP) is 5.88. The van der Waals surface area contributed by atoms with E-state index in [-0.39, 0.29) is 18.7 Å². The van der Waals surface area contributed by atoms with Crippen molar-refractivity contribution in [3.05, 3.63) is 74.9 Å². The number of ketones is 1. The van der Waals surface area contributed by atoms with E-state index in [2.05, 4.69) is 0 Å². The number of hydrogen-bond donors (Lipinski definition) is 0. The average Bonchev–Trinajstić information content (AvgIpc) is 3.26. The smallest absolute Gasteiger partial charge is 0.156 e. The highest BCUT2D eigenvalue weighted by atomic mass is 35.5. The molecule has 0 aliphatic heterocycles. The highest BCUT2D eigenvalue weighted by molar-refractivity contribution is 7.08. The molecular formula is C20H14Cl2N2OS. The standard InChI is InChI=1S/C20H14Cl2N2OS/c21-15-6-5-13(17(22)10-15)9-16(25)11-24-19-4-2-1-3-18(19)23-20(24)14-7-8-26-12-14/h1-8,10,12H,9,11H2. The van der Waals surface area contributed by atoms with Gasteiger partial charge in [0.2, 0.25) is 0 Å². The second-order valence-electron chi connectivity index (χ2n) is 5.97. The molecule has 2 aromatic carbocycles. The molecule has 0 saturated heterocycles. The van der Waals surface area contributed by atoms with Crippen molar-refractivity contribution >= 4 is 51.4 Å². The van der Waals surface area contributed by atoms with Gasteiger partial charge in [-0.25, -0.2) is 4.98 Å². The lowest BCUT2D eigenvalue weighted by atomic mass is 10.1. The van der Waals surface area contributed by atoms with Crippen molar-refractivity contribution in [2.24, 2.45) is 0 Å². The zero-order chi connectivity index (χ0) is 18.1. The number of hydrogen-bond acceptors (Lipinski definition) is 3. The molecule has 0 unspecified atom stereocenters. The Bertz CT molecular complexity index is 1090. The fourth-order valence-corrected chi connectivity index (χ4v) is 4.07. The van der Waals surface area contributed by atoms with Gasteiger partial charge in [-0.2, -0.15) is 11.3 Å². The Morgan fingerprint density at radius 1 is 1.12 bits per heavy atom. The average molecular weight is 401 g/mol. The SMILES string of the molecule is O=C(Cc1ccc(Cl)cc1Cl)Cn1c(-c2ccsc2)nc2ccccc21. The van der Waals surface area contributed by atoms with Crippen molar-refractivity contribution in [3.8, 4) is 11.4 Å². The number of imidazole rings is 1. The van der Waals surface area contributed by atoms with Gasteiger partial charge >= 0.3 is 0 Å². The Morgan fingerprint density at radius 3 is 2.73 bits per heavy atom. The lowest BCUT2D eigenvalue weighted by Crippen LogP contribution is -2.13. The molecule has 26 heavy (non-hydrogen) atoms. The highest BCUT2D eigenvalue weighted by Crippen LogP contribution is 2.27. The van der Waals surface area contributed by atoms with Crippen LogP contribution < -0.4 is 0 Å². The van der Waals surface area contributed by atoms with Crippen molar-refractivity contribution < 1.29 is 4.79 Å². The molecule has 6 heteroatoms.